The number of anilines is 1. The molecule has 134 valence electrons. The molecule has 3 aromatic heterocycles. The van der Waals surface area contributed by atoms with Crippen molar-refractivity contribution in [2.75, 3.05) is 5.32 Å². The number of pyridine rings is 1. The predicted octanol–water partition coefficient (Wildman–Crippen LogP) is 3.16. The van der Waals surface area contributed by atoms with E-state index in [9.17, 15) is 4.79 Å². The summed E-state index contributed by atoms with van der Waals surface area (Å²) in [7, 11) is 0. The Hall–Kier alpha value is -2.54. The summed E-state index contributed by atoms with van der Waals surface area (Å²) in [4.78, 5) is 28.0. The van der Waals surface area contributed by atoms with Crippen LogP contribution in [0, 0.1) is 5.92 Å². The number of carbonyl (C=O) groups is 1. The Bertz CT molecular complexity index is 967. The lowest BCUT2D eigenvalue weighted by Gasteiger charge is -2.20. The molecule has 26 heavy (non-hydrogen) atoms. The normalized spacial score (nSPS) is 14.6. The number of rotatable bonds is 5. The summed E-state index contributed by atoms with van der Waals surface area (Å²) in [5, 5.41) is 4.35. The maximum Gasteiger partial charge on any atom is 0.240 e. The molecule has 1 aliphatic carbocycles. The van der Waals surface area contributed by atoms with Gasteiger partial charge >= 0.3 is 0 Å². The average Bonchev–Trinajstić information content (AvgIpc) is 3.20. The molecular formula is C19H21N5OS. The number of nitrogens with zero attached hydrogens (tertiary/aromatic N) is 3. The first kappa shape index (κ1) is 16.9. The number of amides is 1. The highest BCUT2D eigenvalue weighted by Gasteiger charge is 2.26. The van der Waals surface area contributed by atoms with E-state index >= 15 is 0 Å². The second-order valence-corrected chi connectivity index (χ2v) is 8.03. The fourth-order valence-corrected chi connectivity index (χ4v) is 4.70. The minimum absolute atomic E-state index is 0.0611. The molecule has 0 radical (unpaired) electrons. The topological polar surface area (TPSA) is 93.8 Å². The third kappa shape index (κ3) is 2.92. The Balaban J connectivity index is 1.89. The molecule has 0 fully saturated rings. The van der Waals surface area contributed by atoms with Gasteiger partial charge in [0.15, 0.2) is 5.82 Å². The zero-order chi connectivity index (χ0) is 18.3. The van der Waals surface area contributed by atoms with E-state index in [2.05, 4.69) is 10.3 Å². The molecule has 0 bridgehead atoms. The van der Waals surface area contributed by atoms with Gasteiger partial charge in [0.25, 0.3) is 0 Å². The number of carbonyl (C=O) groups excluding carboxylic acids is 1. The van der Waals surface area contributed by atoms with Crippen molar-refractivity contribution < 1.29 is 4.79 Å². The summed E-state index contributed by atoms with van der Waals surface area (Å²) >= 11 is 1.73. The number of hydrogen-bond acceptors (Lipinski definition) is 6. The molecule has 0 saturated carbocycles. The second kappa shape index (κ2) is 6.64. The highest BCUT2D eigenvalue weighted by molar-refractivity contribution is 7.19. The van der Waals surface area contributed by atoms with Gasteiger partial charge < -0.3 is 11.1 Å². The van der Waals surface area contributed by atoms with Crippen molar-refractivity contribution in [3.05, 3.63) is 35.0 Å². The summed E-state index contributed by atoms with van der Waals surface area (Å²) in [6.07, 6.45) is 6.75. The Morgan fingerprint density at radius 3 is 2.85 bits per heavy atom. The molecule has 1 atom stereocenters. The molecule has 0 aromatic carbocycles. The summed E-state index contributed by atoms with van der Waals surface area (Å²) in [6, 6.07) is 3.32. The van der Waals surface area contributed by atoms with Crippen LogP contribution in [0.15, 0.2) is 24.5 Å². The number of nitrogens with one attached hydrogen (secondary N) is 1. The van der Waals surface area contributed by atoms with Crippen LogP contribution in [-0.2, 0) is 17.6 Å². The van der Waals surface area contributed by atoms with E-state index in [1.54, 1.807) is 23.7 Å². The number of aryl methyl sites for hydroxylation is 2. The number of primary amides is 1. The fraction of sp³-hybridized carbons (Fsp3) is 0.368. The minimum Gasteiger partial charge on any atom is -0.368 e. The van der Waals surface area contributed by atoms with Crippen LogP contribution >= 0.6 is 11.3 Å². The average molecular weight is 367 g/mol. The van der Waals surface area contributed by atoms with Crippen molar-refractivity contribution in [1.29, 1.82) is 0 Å². The smallest absolute Gasteiger partial charge is 0.240 e. The van der Waals surface area contributed by atoms with Crippen LogP contribution in [0.4, 0.5) is 5.82 Å². The van der Waals surface area contributed by atoms with Gasteiger partial charge in [-0.25, -0.2) is 9.97 Å². The second-order valence-electron chi connectivity index (χ2n) is 6.94. The monoisotopic (exact) mass is 367 g/mol. The fourth-order valence-electron chi connectivity index (χ4n) is 3.44. The largest absolute Gasteiger partial charge is 0.368 e. The quantitative estimate of drug-likeness (QED) is 0.722. The van der Waals surface area contributed by atoms with E-state index < -0.39 is 6.04 Å². The number of fused-ring (bicyclic) bond motifs is 3. The van der Waals surface area contributed by atoms with Crippen molar-refractivity contribution in [3.8, 4) is 11.4 Å². The molecule has 3 aromatic rings. The molecule has 1 amide bonds. The predicted molar refractivity (Wildman–Crippen MR) is 104 cm³/mol. The van der Waals surface area contributed by atoms with Gasteiger partial charge in [0.2, 0.25) is 5.91 Å². The van der Waals surface area contributed by atoms with Gasteiger partial charge in [0.1, 0.15) is 16.7 Å². The van der Waals surface area contributed by atoms with E-state index in [0.717, 1.165) is 35.0 Å². The van der Waals surface area contributed by atoms with Crippen LogP contribution in [0.1, 0.15) is 30.7 Å². The van der Waals surface area contributed by atoms with Crippen molar-refractivity contribution >= 4 is 33.3 Å². The summed E-state index contributed by atoms with van der Waals surface area (Å²) in [5.41, 5.74) is 7.78. The van der Waals surface area contributed by atoms with E-state index in [-0.39, 0.29) is 11.8 Å². The molecule has 0 spiro atoms. The molecule has 3 heterocycles. The summed E-state index contributed by atoms with van der Waals surface area (Å²) in [5.74, 6) is 0.998. The zero-order valence-corrected chi connectivity index (χ0v) is 15.6. The highest BCUT2D eigenvalue weighted by Crippen LogP contribution is 2.40. The Morgan fingerprint density at radius 2 is 2.15 bits per heavy atom. The van der Waals surface area contributed by atoms with Crippen LogP contribution < -0.4 is 11.1 Å². The van der Waals surface area contributed by atoms with Gasteiger partial charge in [0.05, 0.1) is 5.39 Å². The first-order chi connectivity index (χ1) is 12.5. The third-order valence-corrected chi connectivity index (χ3v) is 5.94. The van der Waals surface area contributed by atoms with Gasteiger partial charge in [-0.05, 0) is 42.9 Å². The SMILES string of the molecule is CC(C)C(Nc1nc(-c2cccnc2)nc2sc3c(c12)CCC3)C(N)=O. The molecule has 3 N–H and O–H groups in total. The molecule has 1 unspecified atom stereocenters. The van der Waals surface area contributed by atoms with E-state index in [0.29, 0.717) is 11.6 Å². The van der Waals surface area contributed by atoms with Crippen LogP contribution in [0.2, 0.25) is 0 Å². The first-order valence-corrected chi connectivity index (χ1v) is 9.64. The van der Waals surface area contributed by atoms with Crippen LogP contribution in [0.5, 0.6) is 0 Å². The van der Waals surface area contributed by atoms with E-state index in [1.165, 1.54) is 10.4 Å². The van der Waals surface area contributed by atoms with Gasteiger partial charge in [0, 0.05) is 22.8 Å². The van der Waals surface area contributed by atoms with E-state index in [4.69, 9.17) is 15.7 Å². The molecule has 0 saturated heterocycles. The third-order valence-electron chi connectivity index (χ3n) is 4.75. The maximum absolute atomic E-state index is 11.9. The van der Waals surface area contributed by atoms with Crippen LogP contribution in [0.3, 0.4) is 0 Å². The van der Waals surface area contributed by atoms with Crippen LogP contribution in [0.25, 0.3) is 21.6 Å². The van der Waals surface area contributed by atoms with Gasteiger partial charge in [-0.15, -0.1) is 11.3 Å². The number of thiophene rings is 1. The number of nitrogens with two attached hydrogens (primary N) is 1. The van der Waals surface area contributed by atoms with Gasteiger partial charge in [-0.1, -0.05) is 13.8 Å². The van der Waals surface area contributed by atoms with Crippen LogP contribution in [-0.4, -0.2) is 26.9 Å². The highest BCUT2D eigenvalue weighted by atomic mass is 32.1. The first-order valence-electron chi connectivity index (χ1n) is 8.83. The standard InChI is InChI=1S/C19H21N5OS/c1-10(2)15(16(20)25)22-18-14-12-6-3-7-13(12)26-19(14)24-17(23-18)11-5-4-8-21-9-11/h4-5,8-10,15H,3,6-7H2,1-2H3,(H2,20,25)(H,22,23,24). The van der Waals surface area contributed by atoms with E-state index in [1.807, 2.05) is 26.0 Å². The number of hydrogen-bond donors (Lipinski definition) is 2. The summed E-state index contributed by atoms with van der Waals surface area (Å²) in [6.45, 7) is 3.95. The molecule has 0 aliphatic heterocycles. The molecule has 1 aliphatic rings. The van der Waals surface area contributed by atoms with Crippen molar-refractivity contribution in [2.24, 2.45) is 11.7 Å². The van der Waals surface area contributed by atoms with Crippen molar-refractivity contribution in [3.63, 3.8) is 0 Å². The lowest BCUT2D eigenvalue weighted by atomic mass is 10.0. The maximum atomic E-state index is 11.9. The lowest BCUT2D eigenvalue weighted by molar-refractivity contribution is -0.119. The Kier molecular flexibility index (Phi) is 4.32. The van der Waals surface area contributed by atoms with Gasteiger partial charge in [-0.2, -0.15) is 0 Å². The lowest BCUT2D eigenvalue weighted by Crippen LogP contribution is -2.39. The summed E-state index contributed by atoms with van der Waals surface area (Å²) < 4.78 is 0. The minimum atomic E-state index is -0.480. The van der Waals surface area contributed by atoms with Crippen molar-refractivity contribution in [2.45, 2.75) is 39.2 Å². The van der Waals surface area contributed by atoms with Crippen molar-refractivity contribution in [1.82, 2.24) is 15.0 Å². The number of aromatic nitrogens is 3. The molecule has 7 heteroatoms. The molecule has 4 rings (SSSR count). The zero-order valence-electron chi connectivity index (χ0n) is 14.8. The Labute approximate surface area is 155 Å². The molecular weight excluding hydrogens is 346 g/mol. The van der Waals surface area contributed by atoms with Gasteiger partial charge in [-0.3, -0.25) is 9.78 Å². The Morgan fingerprint density at radius 1 is 1.31 bits per heavy atom. The molecule has 6 nitrogen and oxygen atoms in total.